The topological polar surface area (TPSA) is 77.1 Å². The molecule has 1 amide bonds. The average Bonchev–Trinajstić information content (AvgIpc) is 2.38. The molecule has 0 spiro atoms. The first-order valence-electron chi connectivity index (χ1n) is 5.12. The number of amides is 1. The lowest BCUT2D eigenvalue weighted by Crippen LogP contribution is -2.41. The van der Waals surface area contributed by atoms with E-state index in [2.05, 4.69) is 0 Å². The molecule has 0 bridgehead atoms. The van der Waals surface area contributed by atoms with Crippen molar-refractivity contribution >= 4 is 11.8 Å². The monoisotopic (exact) mass is 227 g/mol. The Kier molecular flexibility index (Phi) is 2.93. The fourth-order valence-corrected chi connectivity index (χ4v) is 1.65. The second-order valence-corrected chi connectivity index (χ2v) is 3.60. The molecule has 1 heterocycles. The van der Waals surface area contributed by atoms with E-state index in [4.69, 9.17) is 15.3 Å². The van der Waals surface area contributed by atoms with Crippen LogP contribution in [0.3, 0.4) is 0 Å². The molecule has 0 radical (unpaired) electrons. The summed E-state index contributed by atoms with van der Waals surface area (Å²) in [6.07, 6.45) is -0.741. The van der Waals surface area contributed by atoms with Crippen LogP contribution in [0.2, 0.25) is 0 Å². The van der Waals surface area contributed by atoms with Crippen molar-refractivity contribution in [3.8, 4) is 12.1 Å². The minimum atomic E-state index is -0.669. The number of nitriles is 2. The summed E-state index contributed by atoms with van der Waals surface area (Å²) in [5.41, 5.74) is 1.10. The van der Waals surface area contributed by atoms with Crippen molar-refractivity contribution < 1.29 is 9.53 Å². The predicted octanol–water partition coefficient (Wildman–Crippen LogP) is 1.80. The van der Waals surface area contributed by atoms with Crippen molar-refractivity contribution in [2.24, 2.45) is 0 Å². The van der Waals surface area contributed by atoms with Crippen molar-refractivity contribution in [1.82, 2.24) is 0 Å². The van der Waals surface area contributed by atoms with Crippen LogP contribution in [0.4, 0.5) is 10.5 Å². The van der Waals surface area contributed by atoms with Gasteiger partial charge in [0.2, 0.25) is 0 Å². The smallest absolute Gasteiger partial charge is 0.415 e. The first kappa shape index (κ1) is 11.0. The van der Waals surface area contributed by atoms with Gasteiger partial charge < -0.3 is 4.74 Å². The molecule has 5 heteroatoms. The molecule has 2 rings (SSSR count). The zero-order valence-electron chi connectivity index (χ0n) is 8.96. The van der Waals surface area contributed by atoms with Crippen LogP contribution in [0.25, 0.3) is 0 Å². The molecule has 1 fully saturated rings. The van der Waals surface area contributed by atoms with E-state index < -0.39 is 12.2 Å². The summed E-state index contributed by atoms with van der Waals surface area (Å²) in [7, 11) is 0. The molecular weight excluding hydrogens is 218 g/mol. The first-order valence-corrected chi connectivity index (χ1v) is 5.12. The van der Waals surface area contributed by atoms with E-state index in [1.54, 1.807) is 24.3 Å². The fourth-order valence-electron chi connectivity index (χ4n) is 1.65. The summed E-state index contributed by atoms with van der Waals surface area (Å²) < 4.78 is 4.92. The van der Waals surface area contributed by atoms with Gasteiger partial charge in [-0.15, -0.1) is 0 Å². The van der Waals surface area contributed by atoms with Gasteiger partial charge in [0.15, 0.2) is 6.10 Å². The van der Waals surface area contributed by atoms with Crippen molar-refractivity contribution in [3.05, 3.63) is 29.8 Å². The lowest BCUT2D eigenvalue weighted by Gasteiger charge is -2.28. The number of carbonyl (C=O) groups is 1. The van der Waals surface area contributed by atoms with Gasteiger partial charge in [-0.05, 0) is 18.2 Å². The van der Waals surface area contributed by atoms with Crippen molar-refractivity contribution in [1.29, 1.82) is 10.5 Å². The summed E-state index contributed by atoms with van der Waals surface area (Å²) >= 11 is 0. The Labute approximate surface area is 98.4 Å². The van der Waals surface area contributed by atoms with E-state index in [1.165, 1.54) is 4.90 Å². The Morgan fingerprint density at radius 3 is 2.88 bits per heavy atom. The van der Waals surface area contributed by atoms with Crippen molar-refractivity contribution in [2.75, 3.05) is 11.4 Å². The largest absolute Gasteiger partial charge is 0.430 e. The molecule has 17 heavy (non-hydrogen) atoms. The Balaban J connectivity index is 2.21. The van der Waals surface area contributed by atoms with Crippen LogP contribution >= 0.6 is 0 Å². The van der Waals surface area contributed by atoms with Crippen LogP contribution in [0, 0.1) is 22.7 Å². The minimum Gasteiger partial charge on any atom is -0.430 e. The number of nitrogens with zero attached hydrogens (tertiary/aromatic N) is 3. The molecule has 1 aliphatic heterocycles. The summed E-state index contributed by atoms with van der Waals surface area (Å²) in [6.45, 7) is 0.423. The van der Waals surface area contributed by atoms with Gasteiger partial charge in [-0.1, -0.05) is 6.07 Å². The molecule has 0 aromatic heterocycles. The Morgan fingerprint density at radius 2 is 2.24 bits per heavy atom. The number of hydrogen-bond acceptors (Lipinski definition) is 4. The zero-order chi connectivity index (χ0) is 12.3. The third kappa shape index (κ3) is 2.19. The SMILES string of the molecule is N#Cc1cccc(N2CCC(C#N)OC2=O)c1. The van der Waals surface area contributed by atoms with E-state index >= 15 is 0 Å². The fraction of sp³-hybridized carbons (Fsp3) is 0.250. The second-order valence-electron chi connectivity index (χ2n) is 3.60. The maximum Gasteiger partial charge on any atom is 0.415 e. The molecule has 1 aliphatic rings. The Morgan fingerprint density at radius 1 is 1.41 bits per heavy atom. The van der Waals surface area contributed by atoms with Gasteiger partial charge in [0.25, 0.3) is 0 Å². The highest BCUT2D eigenvalue weighted by Crippen LogP contribution is 2.21. The van der Waals surface area contributed by atoms with Crippen LogP contribution < -0.4 is 4.90 Å². The van der Waals surface area contributed by atoms with Gasteiger partial charge >= 0.3 is 6.09 Å². The summed E-state index contributed by atoms with van der Waals surface area (Å²) in [5.74, 6) is 0. The lowest BCUT2D eigenvalue weighted by atomic mass is 10.1. The highest BCUT2D eigenvalue weighted by atomic mass is 16.6. The number of rotatable bonds is 1. The highest BCUT2D eigenvalue weighted by molar-refractivity contribution is 5.88. The number of hydrogen-bond donors (Lipinski definition) is 0. The molecule has 0 saturated carbocycles. The maximum absolute atomic E-state index is 11.6. The van der Waals surface area contributed by atoms with Crippen molar-refractivity contribution in [3.63, 3.8) is 0 Å². The third-order valence-corrected chi connectivity index (χ3v) is 2.51. The van der Waals surface area contributed by atoms with Crippen LogP contribution in [-0.4, -0.2) is 18.7 Å². The maximum atomic E-state index is 11.6. The molecule has 0 N–H and O–H groups in total. The minimum absolute atomic E-state index is 0.423. The third-order valence-electron chi connectivity index (χ3n) is 2.51. The lowest BCUT2D eigenvalue weighted by molar-refractivity contribution is 0.111. The van der Waals surface area contributed by atoms with E-state index in [9.17, 15) is 4.79 Å². The zero-order valence-corrected chi connectivity index (χ0v) is 8.96. The Bertz CT molecular complexity index is 527. The predicted molar refractivity (Wildman–Crippen MR) is 59.0 cm³/mol. The summed E-state index contributed by atoms with van der Waals surface area (Å²) in [4.78, 5) is 13.1. The molecule has 1 saturated heterocycles. The van der Waals surface area contributed by atoms with Gasteiger partial charge in [-0.25, -0.2) is 4.79 Å². The average molecular weight is 227 g/mol. The number of anilines is 1. The molecule has 0 aliphatic carbocycles. The van der Waals surface area contributed by atoms with Crippen LogP contribution in [0.15, 0.2) is 24.3 Å². The normalized spacial score (nSPS) is 19.1. The Hall–Kier alpha value is -2.53. The van der Waals surface area contributed by atoms with E-state index in [0.29, 0.717) is 24.2 Å². The van der Waals surface area contributed by atoms with Crippen LogP contribution in [0.1, 0.15) is 12.0 Å². The van der Waals surface area contributed by atoms with Gasteiger partial charge in [0, 0.05) is 18.7 Å². The summed E-state index contributed by atoms with van der Waals surface area (Å²) in [6, 6.07) is 10.6. The molecule has 84 valence electrons. The highest BCUT2D eigenvalue weighted by Gasteiger charge is 2.27. The molecule has 1 aromatic rings. The van der Waals surface area contributed by atoms with Gasteiger partial charge in [0.05, 0.1) is 11.6 Å². The van der Waals surface area contributed by atoms with Crippen molar-refractivity contribution in [2.45, 2.75) is 12.5 Å². The van der Waals surface area contributed by atoms with Crippen LogP contribution in [0.5, 0.6) is 0 Å². The van der Waals surface area contributed by atoms with E-state index in [-0.39, 0.29) is 0 Å². The second kappa shape index (κ2) is 4.54. The van der Waals surface area contributed by atoms with Gasteiger partial charge in [-0.3, -0.25) is 4.90 Å². The van der Waals surface area contributed by atoms with Crippen LogP contribution in [-0.2, 0) is 4.74 Å². The number of carbonyl (C=O) groups excluding carboxylic acids is 1. The number of ether oxygens (including phenoxy) is 1. The number of benzene rings is 1. The molecule has 1 aromatic carbocycles. The molecule has 1 unspecified atom stereocenters. The number of cyclic esters (lactones) is 1. The first-order chi connectivity index (χ1) is 8.24. The van der Waals surface area contributed by atoms with Gasteiger partial charge in [0.1, 0.15) is 6.07 Å². The van der Waals surface area contributed by atoms with E-state index in [0.717, 1.165) is 0 Å². The van der Waals surface area contributed by atoms with E-state index in [1.807, 2.05) is 12.1 Å². The van der Waals surface area contributed by atoms with Gasteiger partial charge in [-0.2, -0.15) is 10.5 Å². The standard InChI is InChI=1S/C12H9N3O2/c13-7-9-2-1-3-10(6-9)15-5-4-11(8-14)17-12(15)16/h1-3,6,11H,4-5H2. The summed E-state index contributed by atoms with van der Waals surface area (Å²) in [5, 5.41) is 17.4. The molecule has 5 nitrogen and oxygen atoms in total. The molecule has 1 atom stereocenters. The quantitative estimate of drug-likeness (QED) is 0.732. The molecular formula is C12H9N3O2.